The van der Waals surface area contributed by atoms with Gasteiger partial charge in [0.1, 0.15) is 5.82 Å². The molecule has 0 spiro atoms. The van der Waals surface area contributed by atoms with Crippen LogP contribution in [0.25, 0.3) is 0 Å². The largest absolute Gasteiger partial charge is 0.399 e. The fourth-order valence-electron chi connectivity index (χ4n) is 1.74. The zero-order valence-electron chi connectivity index (χ0n) is 11.1. The number of aromatic amines is 1. The van der Waals surface area contributed by atoms with Crippen molar-refractivity contribution < 1.29 is 13.3 Å². The summed E-state index contributed by atoms with van der Waals surface area (Å²) in [4.78, 5) is 16.5. The second-order valence-corrected chi connectivity index (χ2v) is 6.29. The summed E-state index contributed by atoms with van der Waals surface area (Å²) < 4.78 is 25.8. The van der Waals surface area contributed by atoms with Crippen molar-refractivity contribution in [2.45, 2.75) is 11.4 Å². The van der Waals surface area contributed by atoms with Gasteiger partial charge in [0.25, 0.3) is 5.69 Å². The van der Waals surface area contributed by atoms with Gasteiger partial charge in [0.05, 0.1) is 11.5 Å². The number of nitrogens with two attached hydrogens (primary N) is 1. The maximum absolute atomic E-state index is 12.4. The maximum atomic E-state index is 12.4. The Balaban J connectivity index is 2.41. The Morgan fingerprint density at radius 3 is 2.76 bits per heavy atom. The average Bonchev–Trinajstić information content (AvgIpc) is 2.91. The molecule has 0 aliphatic rings. The first-order valence-electron chi connectivity index (χ1n) is 5.81. The topological polar surface area (TPSA) is 135 Å². The van der Waals surface area contributed by atoms with Gasteiger partial charge in [0, 0.05) is 31.2 Å². The minimum absolute atomic E-state index is 0.0309. The molecule has 0 unspecified atom stereocenters. The quantitative estimate of drug-likeness (QED) is 0.474. The Labute approximate surface area is 120 Å². The standard InChI is InChI=1S/C11H13N5O4S/c1-15(7-11-13-4-5-14-11)21(19,20)10-3-2-8(12)6-9(10)16(17)18/h2-6H,7,12H2,1H3,(H,13,14). The van der Waals surface area contributed by atoms with E-state index in [1.807, 2.05) is 0 Å². The molecule has 0 fully saturated rings. The fourth-order valence-corrected chi connectivity index (χ4v) is 3.01. The number of nitrogens with one attached hydrogen (secondary N) is 1. The molecule has 0 aliphatic heterocycles. The monoisotopic (exact) mass is 311 g/mol. The minimum atomic E-state index is -4.03. The van der Waals surface area contributed by atoms with Crippen LogP contribution in [0.5, 0.6) is 0 Å². The molecular weight excluding hydrogens is 298 g/mol. The van der Waals surface area contributed by atoms with Crippen molar-refractivity contribution >= 4 is 21.4 Å². The van der Waals surface area contributed by atoms with E-state index in [0.717, 1.165) is 16.4 Å². The van der Waals surface area contributed by atoms with Crippen LogP contribution in [0.4, 0.5) is 11.4 Å². The van der Waals surface area contributed by atoms with E-state index in [-0.39, 0.29) is 12.2 Å². The lowest BCUT2D eigenvalue weighted by Crippen LogP contribution is -2.27. The number of anilines is 1. The molecule has 0 bridgehead atoms. The van der Waals surface area contributed by atoms with Crippen molar-refractivity contribution in [3.63, 3.8) is 0 Å². The van der Waals surface area contributed by atoms with Gasteiger partial charge in [-0.1, -0.05) is 0 Å². The lowest BCUT2D eigenvalue weighted by Gasteiger charge is -2.16. The van der Waals surface area contributed by atoms with E-state index < -0.39 is 25.5 Å². The SMILES string of the molecule is CN(Cc1ncc[nH]1)S(=O)(=O)c1ccc(N)cc1[N+](=O)[O-]. The molecule has 10 heteroatoms. The summed E-state index contributed by atoms with van der Waals surface area (Å²) in [5, 5.41) is 11.0. The number of nitrogens with zero attached hydrogens (tertiary/aromatic N) is 3. The van der Waals surface area contributed by atoms with Gasteiger partial charge < -0.3 is 10.7 Å². The van der Waals surface area contributed by atoms with Gasteiger partial charge in [0.2, 0.25) is 10.0 Å². The van der Waals surface area contributed by atoms with Crippen molar-refractivity contribution in [2.24, 2.45) is 0 Å². The van der Waals surface area contributed by atoms with Gasteiger partial charge in [-0.2, -0.15) is 4.31 Å². The third-order valence-corrected chi connectivity index (χ3v) is 4.65. The van der Waals surface area contributed by atoms with Gasteiger partial charge >= 0.3 is 0 Å². The first-order valence-corrected chi connectivity index (χ1v) is 7.25. The number of rotatable bonds is 5. The predicted octanol–water partition coefficient (Wildman–Crippen LogP) is 0.721. The molecular formula is C11H13N5O4S. The van der Waals surface area contributed by atoms with Crippen LogP contribution in [0.15, 0.2) is 35.5 Å². The third-order valence-electron chi connectivity index (χ3n) is 2.80. The Kier molecular flexibility index (Phi) is 3.91. The van der Waals surface area contributed by atoms with Crippen molar-refractivity contribution in [1.82, 2.24) is 14.3 Å². The summed E-state index contributed by atoms with van der Waals surface area (Å²) >= 11 is 0. The Hall–Kier alpha value is -2.46. The number of imidazole rings is 1. The van der Waals surface area contributed by atoms with Gasteiger partial charge in [-0.3, -0.25) is 10.1 Å². The van der Waals surface area contributed by atoms with Crippen LogP contribution in [0.3, 0.4) is 0 Å². The normalized spacial score (nSPS) is 11.7. The number of benzene rings is 1. The average molecular weight is 311 g/mol. The van der Waals surface area contributed by atoms with Crippen LogP contribution in [-0.2, 0) is 16.6 Å². The molecule has 1 heterocycles. The first kappa shape index (κ1) is 14.9. The number of hydrogen-bond donors (Lipinski definition) is 2. The van der Waals surface area contributed by atoms with Crippen LogP contribution >= 0.6 is 0 Å². The molecule has 0 saturated heterocycles. The van der Waals surface area contributed by atoms with Gasteiger partial charge in [0.15, 0.2) is 4.90 Å². The van der Waals surface area contributed by atoms with Crippen LogP contribution < -0.4 is 5.73 Å². The molecule has 9 nitrogen and oxygen atoms in total. The predicted molar refractivity (Wildman–Crippen MR) is 74.7 cm³/mol. The maximum Gasteiger partial charge on any atom is 0.291 e. The molecule has 2 aromatic rings. The fraction of sp³-hybridized carbons (Fsp3) is 0.182. The molecule has 0 amide bonds. The molecule has 2 rings (SSSR count). The number of nitro benzene ring substituents is 1. The van der Waals surface area contributed by atoms with Gasteiger partial charge in [-0.15, -0.1) is 0 Å². The van der Waals surface area contributed by atoms with Crippen LogP contribution in [-0.4, -0.2) is 34.7 Å². The van der Waals surface area contributed by atoms with Crippen LogP contribution in [0.1, 0.15) is 5.82 Å². The van der Waals surface area contributed by atoms with E-state index in [2.05, 4.69) is 9.97 Å². The molecule has 0 atom stereocenters. The smallest absolute Gasteiger partial charge is 0.291 e. The molecule has 1 aromatic carbocycles. The van der Waals surface area contributed by atoms with Crippen LogP contribution in [0, 0.1) is 10.1 Å². The molecule has 21 heavy (non-hydrogen) atoms. The Morgan fingerprint density at radius 2 is 2.19 bits per heavy atom. The zero-order chi connectivity index (χ0) is 15.6. The summed E-state index contributed by atoms with van der Waals surface area (Å²) in [7, 11) is -2.71. The lowest BCUT2D eigenvalue weighted by atomic mass is 10.3. The number of sulfonamides is 1. The van der Waals surface area contributed by atoms with Gasteiger partial charge in [-0.05, 0) is 12.1 Å². The number of aromatic nitrogens is 2. The van der Waals surface area contributed by atoms with Crippen molar-refractivity contribution in [2.75, 3.05) is 12.8 Å². The number of nitro groups is 1. The van der Waals surface area contributed by atoms with Crippen LogP contribution in [0.2, 0.25) is 0 Å². The summed E-state index contributed by atoms with van der Waals surface area (Å²) in [6.45, 7) is -0.0309. The number of nitrogen functional groups attached to an aromatic ring is 1. The highest BCUT2D eigenvalue weighted by atomic mass is 32.2. The van der Waals surface area contributed by atoms with E-state index >= 15 is 0 Å². The van der Waals surface area contributed by atoms with E-state index in [4.69, 9.17) is 5.73 Å². The van der Waals surface area contributed by atoms with E-state index in [1.54, 1.807) is 6.20 Å². The highest BCUT2D eigenvalue weighted by Gasteiger charge is 2.30. The Morgan fingerprint density at radius 1 is 1.48 bits per heavy atom. The van der Waals surface area contributed by atoms with Gasteiger partial charge in [-0.25, -0.2) is 13.4 Å². The highest BCUT2D eigenvalue weighted by molar-refractivity contribution is 7.89. The minimum Gasteiger partial charge on any atom is -0.399 e. The summed E-state index contributed by atoms with van der Waals surface area (Å²) in [6.07, 6.45) is 3.04. The van der Waals surface area contributed by atoms with Crippen molar-refractivity contribution in [1.29, 1.82) is 0 Å². The molecule has 0 aliphatic carbocycles. The second-order valence-electron chi connectivity index (χ2n) is 4.28. The molecule has 3 N–H and O–H groups in total. The summed E-state index contributed by atoms with van der Waals surface area (Å²) in [5.41, 5.74) is 5.03. The first-order chi connectivity index (χ1) is 9.82. The zero-order valence-corrected chi connectivity index (χ0v) is 11.9. The number of hydrogen-bond acceptors (Lipinski definition) is 6. The highest BCUT2D eigenvalue weighted by Crippen LogP contribution is 2.28. The van der Waals surface area contributed by atoms with E-state index in [0.29, 0.717) is 5.82 Å². The van der Waals surface area contributed by atoms with Crippen molar-refractivity contribution in [3.05, 3.63) is 46.5 Å². The van der Waals surface area contributed by atoms with E-state index in [9.17, 15) is 18.5 Å². The summed E-state index contributed by atoms with van der Waals surface area (Å²) in [5.74, 6) is 0.430. The second kappa shape index (κ2) is 5.50. The Bertz CT molecular complexity index is 757. The number of H-pyrrole nitrogens is 1. The molecule has 1 aromatic heterocycles. The van der Waals surface area contributed by atoms with E-state index in [1.165, 1.54) is 19.3 Å². The molecule has 0 radical (unpaired) electrons. The summed E-state index contributed by atoms with van der Waals surface area (Å²) in [6, 6.07) is 3.45. The van der Waals surface area contributed by atoms with Crippen molar-refractivity contribution in [3.8, 4) is 0 Å². The molecule has 0 saturated carbocycles. The third kappa shape index (κ3) is 3.01. The molecule has 112 valence electrons. The lowest BCUT2D eigenvalue weighted by molar-refractivity contribution is -0.387.